The predicted molar refractivity (Wildman–Crippen MR) is 89.0 cm³/mol. The van der Waals surface area contributed by atoms with E-state index in [1.54, 1.807) is 0 Å². The van der Waals surface area contributed by atoms with E-state index in [-0.39, 0.29) is 17.1 Å². The molecule has 1 aromatic carbocycles. The zero-order valence-corrected chi connectivity index (χ0v) is 13.2. The summed E-state index contributed by atoms with van der Waals surface area (Å²) in [6.07, 6.45) is 1.71. The highest BCUT2D eigenvalue weighted by atomic mass is 16.6. The van der Waals surface area contributed by atoms with E-state index in [0.29, 0.717) is 31.9 Å². The highest BCUT2D eigenvalue weighted by Crippen LogP contribution is 2.30. The Bertz CT molecular complexity index is 824. The van der Waals surface area contributed by atoms with E-state index in [2.05, 4.69) is 10.3 Å². The van der Waals surface area contributed by atoms with Gasteiger partial charge in [0, 0.05) is 12.6 Å². The molecule has 0 atom stereocenters. The fourth-order valence-electron chi connectivity index (χ4n) is 2.45. The molecule has 2 heterocycles. The van der Waals surface area contributed by atoms with Gasteiger partial charge in [0.25, 0.3) is 11.6 Å². The molecule has 9 heteroatoms. The summed E-state index contributed by atoms with van der Waals surface area (Å²) >= 11 is 0. The van der Waals surface area contributed by atoms with E-state index in [9.17, 15) is 14.9 Å². The molecule has 3 rings (SSSR count). The number of amides is 1. The molecule has 1 aromatic heterocycles. The standard InChI is InChI=1S/C16H16N4O5/c17-15(21)12-8-11(20(22)23)9-19-16(12)18-4-3-10-1-2-13-14(7-10)25-6-5-24-13/h1-2,7-9H,3-6H2,(H2,17,21)(H,18,19). The summed E-state index contributed by atoms with van der Waals surface area (Å²) in [6.45, 7) is 1.52. The van der Waals surface area contributed by atoms with E-state index in [4.69, 9.17) is 15.2 Å². The van der Waals surface area contributed by atoms with Crippen molar-refractivity contribution in [3.05, 3.63) is 51.7 Å². The number of fused-ring (bicyclic) bond motifs is 1. The normalized spacial score (nSPS) is 12.5. The van der Waals surface area contributed by atoms with Crippen LogP contribution in [0.3, 0.4) is 0 Å². The number of pyridine rings is 1. The molecule has 2 aromatic rings. The van der Waals surface area contributed by atoms with Crippen LogP contribution >= 0.6 is 0 Å². The van der Waals surface area contributed by atoms with E-state index in [0.717, 1.165) is 23.6 Å². The first-order chi connectivity index (χ1) is 12.0. The number of primary amides is 1. The van der Waals surface area contributed by atoms with Crippen molar-refractivity contribution in [2.45, 2.75) is 6.42 Å². The van der Waals surface area contributed by atoms with Gasteiger partial charge in [0.15, 0.2) is 11.5 Å². The molecule has 0 radical (unpaired) electrons. The number of ether oxygens (including phenoxy) is 2. The molecular weight excluding hydrogens is 328 g/mol. The Balaban J connectivity index is 1.67. The molecule has 0 aliphatic carbocycles. The zero-order valence-electron chi connectivity index (χ0n) is 13.2. The maximum Gasteiger partial charge on any atom is 0.288 e. The molecule has 25 heavy (non-hydrogen) atoms. The third-order valence-electron chi connectivity index (χ3n) is 3.66. The Morgan fingerprint density at radius 1 is 1.28 bits per heavy atom. The fraction of sp³-hybridized carbons (Fsp3) is 0.250. The van der Waals surface area contributed by atoms with E-state index < -0.39 is 10.8 Å². The maximum atomic E-state index is 11.5. The molecule has 1 aliphatic heterocycles. The number of rotatable bonds is 6. The van der Waals surface area contributed by atoms with Crippen molar-refractivity contribution in [2.75, 3.05) is 25.1 Å². The molecule has 9 nitrogen and oxygen atoms in total. The van der Waals surface area contributed by atoms with Crippen molar-refractivity contribution < 1.29 is 19.2 Å². The van der Waals surface area contributed by atoms with Gasteiger partial charge in [-0.2, -0.15) is 0 Å². The molecule has 0 bridgehead atoms. The number of nitrogens with zero attached hydrogens (tertiary/aromatic N) is 2. The molecule has 1 amide bonds. The third kappa shape index (κ3) is 3.77. The highest BCUT2D eigenvalue weighted by molar-refractivity contribution is 5.98. The first kappa shape index (κ1) is 16.5. The number of nitrogens with one attached hydrogen (secondary N) is 1. The minimum atomic E-state index is -0.780. The van der Waals surface area contributed by atoms with Gasteiger partial charge in [-0.05, 0) is 24.1 Å². The lowest BCUT2D eigenvalue weighted by Gasteiger charge is -2.19. The summed E-state index contributed by atoms with van der Waals surface area (Å²) in [4.78, 5) is 25.6. The second-order valence-electron chi connectivity index (χ2n) is 5.37. The van der Waals surface area contributed by atoms with Gasteiger partial charge in [-0.15, -0.1) is 0 Å². The van der Waals surface area contributed by atoms with Crippen LogP contribution in [0.1, 0.15) is 15.9 Å². The minimum absolute atomic E-state index is 0.0172. The first-order valence-electron chi connectivity index (χ1n) is 7.61. The van der Waals surface area contributed by atoms with Crippen LogP contribution in [0.15, 0.2) is 30.5 Å². The first-order valence-corrected chi connectivity index (χ1v) is 7.61. The topological polar surface area (TPSA) is 130 Å². The molecule has 3 N–H and O–H groups in total. The van der Waals surface area contributed by atoms with Gasteiger partial charge in [0.1, 0.15) is 25.2 Å². The summed E-state index contributed by atoms with van der Waals surface area (Å²) in [5, 5.41) is 13.8. The molecule has 0 fully saturated rings. The van der Waals surface area contributed by atoms with Crippen LogP contribution in [-0.2, 0) is 6.42 Å². The number of hydrogen-bond acceptors (Lipinski definition) is 7. The van der Waals surface area contributed by atoms with Crippen LogP contribution in [-0.4, -0.2) is 35.6 Å². The van der Waals surface area contributed by atoms with Crippen LogP contribution < -0.4 is 20.5 Å². The van der Waals surface area contributed by atoms with Crippen LogP contribution in [0.25, 0.3) is 0 Å². The molecule has 0 unspecified atom stereocenters. The largest absolute Gasteiger partial charge is 0.486 e. The van der Waals surface area contributed by atoms with Crippen molar-refractivity contribution in [1.82, 2.24) is 4.98 Å². The Kier molecular flexibility index (Phi) is 4.64. The van der Waals surface area contributed by atoms with Gasteiger partial charge in [-0.1, -0.05) is 6.07 Å². The van der Waals surface area contributed by atoms with Crippen molar-refractivity contribution in [3.8, 4) is 11.5 Å². The molecule has 130 valence electrons. The SMILES string of the molecule is NC(=O)c1cc([N+](=O)[O-])cnc1NCCc1ccc2c(c1)OCCO2. The maximum absolute atomic E-state index is 11.5. The van der Waals surface area contributed by atoms with Crippen molar-refractivity contribution >= 4 is 17.4 Å². The van der Waals surface area contributed by atoms with Crippen molar-refractivity contribution in [1.29, 1.82) is 0 Å². The summed E-state index contributed by atoms with van der Waals surface area (Å²) in [7, 11) is 0. The molecule has 0 spiro atoms. The van der Waals surface area contributed by atoms with E-state index >= 15 is 0 Å². The van der Waals surface area contributed by atoms with Gasteiger partial charge in [-0.25, -0.2) is 4.98 Å². The highest BCUT2D eigenvalue weighted by Gasteiger charge is 2.16. The zero-order chi connectivity index (χ0) is 17.8. The Morgan fingerprint density at radius 2 is 2.04 bits per heavy atom. The molecule has 0 saturated carbocycles. The van der Waals surface area contributed by atoms with E-state index in [1.807, 2.05) is 18.2 Å². The number of anilines is 1. The van der Waals surface area contributed by atoms with Crippen molar-refractivity contribution in [2.24, 2.45) is 5.73 Å². The summed E-state index contributed by atoms with van der Waals surface area (Å²) in [6, 6.07) is 6.78. The summed E-state index contributed by atoms with van der Waals surface area (Å²) in [5.74, 6) is 0.861. The second-order valence-corrected chi connectivity index (χ2v) is 5.37. The van der Waals surface area contributed by atoms with Crippen molar-refractivity contribution in [3.63, 3.8) is 0 Å². The predicted octanol–water partition coefficient (Wildman–Crippen LogP) is 1.51. The Morgan fingerprint density at radius 3 is 2.76 bits per heavy atom. The van der Waals surface area contributed by atoms with Gasteiger partial charge < -0.3 is 20.5 Å². The number of nitrogens with two attached hydrogens (primary N) is 1. The van der Waals surface area contributed by atoms with Gasteiger partial charge in [0.05, 0.1) is 10.5 Å². The monoisotopic (exact) mass is 344 g/mol. The number of carbonyl (C=O) groups excluding carboxylic acids is 1. The fourth-order valence-corrected chi connectivity index (χ4v) is 2.45. The average molecular weight is 344 g/mol. The smallest absolute Gasteiger partial charge is 0.288 e. The lowest BCUT2D eigenvalue weighted by atomic mass is 10.1. The minimum Gasteiger partial charge on any atom is -0.486 e. The molecule has 0 saturated heterocycles. The number of benzene rings is 1. The summed E-state index contributed by atoms with van der Waals surface area (Å²) in [5.41, 5.74) is 5.98. The summed E-state index contributed by atoms with van der Waals surface area (Å²) < 4.78 is 11.0. The third-order valence-corrected chi connectivity index (χ3v) is 3.66. The quantitative estimate of drug-likeness (QED) is 0.600. The van der Waals surface area contributed by atoms with Crippen LogP contribution in [0.2, 0.25) is 0 Å². The number of hydrogen-bond donors (Lipinski definition) is 2. The Hall–Kier alpha value is -3.36. The van der Waals surface area contributed by atoms with Gasteiger partial charge in [-0.3, -0.25) is 14.9 Å². The lowest BCUT2D eigenvalue weighted by Crippen LogP contribution is -2.17. The van der Waals surface area contributed by atoms with Gasteiger partial charge in [0.2, 0.25) is 0 Å². The van der Waals surface area contributed by atoms with E-state index in [1.165, 1.54) is 0 Å². The number of aromatic nitrogens is 1. The van der Waals surface area contributed by atoms with Crippen LogP contribution in [0.4, 0.5) is 11.5 Å². The number of carbonyl (C=O) groups is 1. The molecule has 1 aliphatic rings. The molecular formula is C16H16N4O5. The van der Waals surface area contributed by atoms with Crippen LogP contribution in [0.5, 0.6) is 11.5 Å². The Labute approximate surface area is 142 Å². The number of nitro groups is 1. The van der Waals surface area contributed by atoms with Crippen LogP contribution in [0, 0.1) is 10.1 Å². The van der Waals surface area contributed by atoms with Gasteiger partial charge >= 0.3 is 0 Å². The second kappa shape index (κ2) is 7.04. The lowest BCUT2D eigenvalue weighted by molar-refractivity contribution is -0.385. The average Bonchev–Trinajstić information content (AvgIpc) is 2.61.